The summed E-state index contributed by atoms with van der Waals surface area (Å²) in [5, 5.41) is -6.93. The van der Waals surface area contributed by atoms with Crippen LogP contribution in [0.2, 0.25) is 0 Å². The van der Waals surface area contributed by atoms with Gasteiger partial charge in [-0.05, 0) is 0 Å². The molecule has 0 heterocycles. The highest BCUT2D eigenvalue weighted by atomic mass is 32.2. The monoisotopic (exact) mass is 314 g/mol. The zero-order chi connectivity index (χ0) is 15.2. The molecule has 0 aliphatic rings. The van der Waals surface area contributed by atoms with Crippen molar-refractivity contribution >= 4 is 10.1 Å². The topological polar surface area (TPSA) is 54.4 Å². The van der Waals surface area contributed by atoms with Crippen molar-refractivity contribution in [1.82, 2.24) is 0 Å². The second-order valence-corrected chi connectivity index (χ2v) is 4.44. The molecule has 3 nitrogen and oxygen atoms in total. The van der Waals surface area contributed by atoms with Gasteiger partial charge < -0.3 is 0 Å². The van der Waals surface area contributed by atoms with Crippen molar-refractivity contribution < 1.29 is 52.5 Å². The predicted molar refractivity (Wildman–Crippen MR) is 37.3 cm³/mol. The predicted octanol–water partition coefficient (Wildman–Crippen LogP) is 2.34. The average Bonchev–Trinajstić information content (AvgIpc) is 2.15. The third-order valence-electron chi connectivity index (χ3n) is 1.71. The standard InChI is InChI=1S/C5H3F9O3S/c6-1-2(7,8)3(9,10)4(11,12)5(13,14)18(15,16)17/h1H2,(H,15,16,17). The quantitative estimate of drug-likeness (QED) is 0.626. The van der Waals surface area contributed by atoms with Crippen LogP contribution in [0.1, 0.15) is 0 Å². The van der Waals surface area contributed by atoms with Gasteiger partial charge in [-0.1, -0.05) is 0 Å². The molecule has 0 amide bonds. The lowest BCUT2D eigenvalue weighted by Gasteiger charge is -2.34. The van der Waals surface area contributed by atoms with Crippen LogP contribution in [0, 0.1) is 0 Å². The van der Waals surface area contributed by atoms with Crippen molar-refractivity contribution in [2.75, 3.05) is 6.67 Å². The van der Waals surface area contributed by atoms with Crippen LogP contribution in [-0.2, 0) is 10.1 Å². The molecule has 0 saturated heterocycles. The Labute approximate surface area is 93.3 Å². The molecular weight excluding hydrogens is 311 g/mol. The molecule has 0 spiro atoms. The van der Waals surface area contributed by atoms with Crippen LogP contribution in [-0.4, -0.2) is 42.7 Å². The summed E-state index contributed by atoms with van der Waals surface area (Å²) in [5.41, 5.74) is 0. The highest BCUT2D eigenvalue weighted by Gasteiger charge is 2.84. The van der Waals surface area contributed by atoms with Crippen molar-refractivity contribution in [2.45, 2.75) is 23.0 Å². The Hall–Kier alpha value is -0.720. The molecule has 0 unspecified atom stereocenters. The molecule has 18 heavy (non-hydrogen) atoms. The van der Waals surface area contributed by atoms with E-state index in [0.717, 1.165) is 0 Å². The van der Waals surface area contributed by atoms with Crippen LogP contribution >= 0.6 is 0 Å². The third kappa shape index (κ3) is 2.13. The van der Waals surface area contributed by atoms with E-state index >= 15 is 0 Å². The summed E-state index contributed by atoms with van der Waals surface area (Å²) >= 11 is 0. The van der Waals surface area contributed by atoms with E-state index in [2.05, 4.69) is 0 Å². The Kier molecular flexibility index (Phi) is 3.98. The summed E-state index contributed by atoms with van der Waals surface area (Å²) < 4.78 is 137. The molecule has 0 saturated carbocycles. The van der Waals surface area contributed by atoms with Crippen molar-refractivity contribution in [3.63, 3.8) is 0 Å². The number of rotatable bonds is 5. The van der Waals surface area contributed by atoms with Crippen LogP contribution < -0.4 is 0 Å². The Morgan fingerprint density at radius 2 is 1.17 bits per heavy atom. The zero-order valence-corrected chi connectivity index (χ0v) is 8.60. The molecule has 0 aromatic carbocycles. The number of alkyl halides is 9. The lowest BCUT2D eigenvalue weighted by atomic mass is 10.1. The van der Waals surface area contributed by atoms with E-state index in [-0.39, 0.29) is 0 Å². The van der Waals surface area contributed by atoms with Gasteiger partial charge in [0.1, 0.15) is 0 Å². The first-order chi connectivity index (χ1) is 7.56. The molecule has 0 aromatic rings. The smallest absolute Gasteiger partial charge is 0.281 e. The third-order valence-corrected chi connectivity index (χ3v) is 2.62. The summed E-state index contributed by atoms with van der Waals surface area (Å²) in [6, 6.07) is 0. The normalized spacial score (nSPS) is 15.9. The summed E-state index contributed by atoms with van der Waals surface area (Å²) in [5.74, 6) is -20.5. The molecule has 0 bridgehead atoms. The molecule has 0 rings (SSSR count). The van der Waals surface area contributed by atoms with Gasteiger partial charge in [0.25, 0.3) is 0 Å². The molecule has 0 aliphatic carbocycles. The van der Waals surface area contributed by atoms with E-state index in [1.807, 2.05) is 0 Å². The first-order valence-corrected chi connectivity index (χ1v) is 5.04. The van der Waals surface area contributed by atoms with Gasteiger partial charge in [0.05, 0.1) is 0 Å². The maximum Gasteiger partial charge on any atom is 0.438 e. The molecular formula is C5H3F9O3S. The van der Waals surface area contributed by atoms with E-state index in [4.69, 9.17) is 4.55 Å². The van der Waals surface area contributed by atoms with E-state index in [0.29, 0.717) is 0 Å². The van der Waals surface area contributed by atoms with E-state index < -0.39 is 39.8 Å². The van der Waals surface area contributed by atoms with Gasteiger partial charge in [-0.3, -0.25) is 4.55 Å². The number of hydrogen-bond acceptors (Lipinski definition) is 2. The first kappa shape index (κ1) is 17.3. The molecule has 0 fully saturated rings. The fourth-order valence-electron chi connectivity index (χ4n) is 0.658. The maximum absolute atomic E-state index is 12.5. The van der Waals surface area contributed by atoms with Crippen LogP contribution in [0.3, 0.4) is 0 Å². The summed E-state index contributed by atoms with van der Waals surface area (Å²) in [6.07, 6.45) is 0. The molecule has 0 aliphatic heterocycles. The second-order valence-electron chi connectivity index (χ2n) is 2.98. The molecule has 110 valence electrons. The van der Waals surface area contributed by atoms with E-state index in [1.165, 1.54) is 0 Å². The molecule has 1 N–H and O–H groups in total. The number of halogens is 9. The lowest BCUT2D eigenvalue weighted by molar-refractivity contribution is -0.350. The highest BCUT2D eigenvalue weighted by Crippen LogP contribution is 2.54. The van der Waals surface area contributed by atoms with Crippen molar-refractivity contribution in [3.05, 3.63) is 0 Å². The molecule has 0 aromatic heterocycles. The van der Waals surface area contributed by atoms with E-state index in [1.54, 1.807) is 0 Å². The fourth-order valence-corrected chi connectivity index (χ4v) is 1.11. The van der Waals surface area contributed by atoms with Gasteiger partial charge in [0, 0.05) is 0 Å². The van der Waals surface area contributed by atoms with Gasteiger partial charge in [-0.2, -0.15) is 43.5 Å². The van der Waals surface area contributed by atoms with Gasteiger partial charge in [0.15, 0.2) is 6.67 Å². The van der Waals surface area contributed by atoms with Gasteiger partial charge >= 0.3 is 33.1 Å². The minimum absolute atomic E-state index is 3.45. The van der Waals surface area contributed by atoms with Crippen molar-refractivity contribution in [2.24, 2.45) is 0 Å². The fraction of sp³-hybridized carbons (Fsp3) is 1.00. The number of hydrogen-bond donors (Lipinski definition) is 1. The van der Waals surface area contributed by atoms with Crippen LogP contribution in [0.25, 0.3) is 0 Å². The van der Waals surface area contributed by atoms with E-state index in [9.17, 15) is 47.9 Å². The second kappa shape index (κ2) is 4.15. The van der Waals surface area contributed by atoms with Crippen LogP contribution in [0.5, 0.6) is 0 Å². The molecule has 13 heteroatoms. The minimum Gasteiger partial charge on any atom is -0.281 e. The maximum atomic E-state index is 12.5. The van der Waals surface area contributed by atoms with Crippen LogP contribution in [0.15, 0.2) is 0 Å². The summed E-state index contributed by atoms with van der Waals surface area (Å²) in [4.78, 5) is 0. The average molecular weight is 314 g/mol. The SMILES string of the molecule is O=S(=O)(O)C(F)(F)C(F)(F)C(F)(F)C(F)(F)CF. The largest absolute Gasteiger partial charge is 0.438 e. The molecule has 0 atom stereocenters. The van der Waals surface area contributed by atoms with Crippen molar-refractivity contribution in [1.29, 1.82) is 0 Å². The Morgan fingerprint density at radius 3 is 1.39 bits per heavy atom. The Morgan fingerprint density at radius 1 is 0.833 bits per heavy atom. The first-order valence-electron chi connectivity index (χ1n) is 3.60. The Balaban J connectivity index is 5.96. The van der Waals surface area contributed by atoms with Gasteiger partial charge in [-0.15, -0.1) is 0 Å². The van der Waals surface area contributed by atoms with Gasteiger partial charge in [-0.25, -0.2) is 4.39 Å². The van der Waals surface area contributed by atoms with Crippen molar-refractivity contribution in [3.8, 4) is 0 Å². The minimum atomic E-state index is -7.23. The highest BCUT2D eigenvalue weighted by molar-refractivity contribution is 7.87. The van der Waals surface area contributed by atoms with Gasteiger partial charge in [0.2, 0.25) is 0 Å². The van der Waals surface area contributed by atoms with Crippen LogP contribution in [0.4, 0.5) is 39.5 Å². The Bertz CT molecular complexity index is 414. The summed E-state index contributed by atoms with van der Waals surface area (Å²) in [6.45, 7) is -3.45. The lowest BCUT2D eigenvalue weighted by Crippen LogP contribution is -2.64. The summed E-state index contributed by atoms with van der Waals surface area (Å²) in [7, 11) is -7.13. The molecule has 0 radical (unpaired) electrons. The zero-order valence-electron chi connectivity index (χ0n) is 7.78.